The Balaban J connectivity index is 2.02. The molecule has 0 heterocycles. The van der Waals surface area contributed by atoms with Gasteiger partial charge in [-0.15, -0.1) is 0 Å². The van der Waals surface area contributed by atoms with E-state index in [1.807, 2.05) is 6.92 Å². The van der Waals surface area contributed by atoms with Crippen molar-refractivity contribution in [3.63, 3.8) is 0 Å². The Kier molecular flexibility index (Phi) is 8.48. The van der Waals surface area contributed by atoms with Crippen LogP contribution >= 0.6 is 0 Å². The number of urea groups is 1. The number of nitrogens with one attached hydrogen (secondary N) is 2. The Labute approximate surface area is 184 Å². The van der Waals surface area contributed by atoms with Gasteiger partial charge in [0.1, 0.15) is 6.17 Å². The van der Waals surface area contributed by atoms with E-state index in [-0.39, 0.29) is 17.3 Å². The van der Waals surface area contributed by atoms with Gasteiger partial charge in [-0.25, -0.2) is 15.0 Å². The van der Waals surface area contributed by atoms with Crippen LogP contribution in [0.4, 0.5) is 39.4 Å². The van der Waals surface area contributed by atoms with E-state index < -0.39 is 23.9 Å². The summed E-state index contributed by atoms with van der Waals surface area (Å²) in [5.74, 6) is 5.68. The fourth-order valence-corrected chi connectivity index (χ4v) is 3.08. The Morgan fingerprint density at radius 2 is 1.75 bits per heavy atom. The fraction of sp³-hybridized carbons (Fsp3) is 0.318. The van der Waals surface area contributed by atoms with Gasteiger partial charge in [0.25, 0.3) is 0 Å². The quantitative estimate of drug-likeness (QED) is 0.238. The molecule has 2 amide bonds. The molecule has 0 aliphatic carbocycles. The number of amides is 2. The highest BCUT2D eigenvalue weighted by Crippen LogP contribution is 2.34. The minimum atomic E-state index is -4.60. The van der Waals surface area contributed by atoms with Gasteiger partial charge in [0.2, 0.25) is 0 Å². The number of rotatable bonds is 8. The lowest BCUT2D eigenvalue weighted by molar-refractivity contribution is -0.136. The van der Waals surface area contributed by atoms with Gasteiger partial charge in [-0.1, -0.05) is 32.4 Å². The molecule has 2 aromatic rings. The summed E-state index contributed by atoms with van der Waals surface area (Å²) in [5.41, 5.74) is 5.29. The van der Waals surface area contributed by atoms with Crippen molar-refractivity contribution in [2.24, 2.45) is 17.5 Å². The number of allylic oxidation sites excluding steroid dienone is 1. The van der Waals surface area contributed by atoms with E-state index >= 15 is 0 Å². The molecule has 0 spiro atoms. The van der Waals surface area contributed by atoms with Crippen LogP contribution in [0.5, 0.6) is 0 Å². The van der Waals surface area contributed by atoms with E-state index in [4.69, 9.17) is 11.6 Å². The maximum Gasteiger partial charge on any atom is 0.418 e. The second kappa shape index (κ2) is 10.9. The lowest BCUT2D eigenvalue weighted by Crippen LogP contribution is -2.29. The van der Waals surface area contributed by atoms with Gasteiger partial charge in [-0.2, -0.15) is 13.2 Å². The van der Waals surface area contributed by atoms with Crippen molar-refractivity contribution in [2.75, 3.05) is 15.6 Å². The van der Waals surface area contributed by atoms with Gasteiger partial charge >= 0.3 is 12.2 Å². The van der Waals surface area contributed by atoms with Crippen LogP contribution in [-0.4, -0.2) is 12.2 Å². The number of hydrogen-bond donors (Lipinski definition) is 4. The molecule has 2 unspecified atom stereocenters. The molecule has 2 rings (SSSR count). The van der Waals surface area contributed by atoms with Crippen LogP contribution in [0.2, 0.25) is 0 Å². The summed E-state index contributed by atoms with van der Waals surface area (Å²) in [7, 11) is 0. The van der Waals surface area contributed by atoms with Gasteiger partial charge in [-0.05, 0) is 48.7 Å². The van der Waals surface area contributed by atoms with E-state index in [0.717, 1.165) is 23.6 Å². The van der Waals surface area contributed by atoms with Crippen LogP contribution < -0.4 is 27.2 Å². The standard InChI is InChI=1S/C22H27F4N5O/c1-3-6-14(2)20(23)18(27)13-31(28)16-11-9-15(10-12-16)29-21(32)30-19-8-5-4-7-17(19)22(24,25)26/h4-5,7-14,20H,3,6,27-28H2,1-2H3,(H2,29,30,32)/b18-13-. The first kappa shape index (κ1) is 25.0. The molecule has 0 bridgehead atoms. The molecule has 0 aliphatic rings. The van der Waals surface area contributed by atoms with Gasteiger partial charge in [0, 0.05) is 11.9 Å². The Bertz CT molecular complexity index is 931. The molecule has 32 heavy (non-hydrogen) atoms. The monoisotopic (exact) mass is 453 g/mol. The fourth-order valence-electron chi connectivity index (χ4n) is 3.08. The first-order chi connectivity index (χ1) is 15.0. The van der Waals surface area contributed by atoms with Gasteiger partial charge in [0.05, 0.1) is 22.6 Å². The molecular weight excluding hydrogens is 426 g/mol. The maximum atomic E-state index is 14.3. The number of nitrogens with zero attached hydrogens (tertiary/aromatic N) is 1. The van der Waals surface area contributed by atoms with E-state index in [1.54, 1.807) is 19.1 Å². The highest BCUT2D eigenvalue weighted by molar-refractivity contribution is 6.00. The lowest BCUT2D eigenvalue weighted by Gasteiger charge is -2.20. The summed E-state index contributed by atoms with van der Waals surface area (Å²) in [5, 5.41) is 5.79. The minimum absolute atomic E-state index is 0.00152. The smallest absolute Gasteiger partial charge is 0.398 e. The van der Waals surface area contributed by atoms with Crippen molar-refractivity contribution < 1.29 is 22.4 Å². The molecule has 0 saturated heterocycles. The molecule has 2 aromatic carbocycles. The van der Waals surface area contributed by atoms with Crippen LogP contribution in [0.15, 0.2) is 60.4 Å². The van der Waals surface area contributed by atoms with Crippen LogP contribution in [0.3, 0.4) is 0 Å². The molecule has 0 fully saturated rings. The average Bonchev–Trinajstić information content (AvgIpc) is 2.73. The summed E-state index contributed by atoms with van der Waals surface area (Å²) in [6.07, 6.45) is -3.11. The first-order valence-electron chi connectivity index (χ1n) is 10.0. The molecule has 6 N–H and O–H groups in total. The summed E-state index contributed by atoms with van der Waals surface area (Å²) in [6.45, 7) is 3.73. The Hall–Kier alpha value is -3.27. The molecule has 0 radical (unpaired) electrons. The second-order valence-corrected chi connectivity index (χ2v) is 7.37. The number of halogens is 4. The van der Waals surface area contributed by atoms with Crippen molar-refractivity contribution in [2.45, 2.75) is 39.0 Å². The van der Waals surface area contributed by atoms with Crippen LogP contribution in [-0.2, 0) is 6.18 Å². The van der Waals surface area contributed by atoms with E-state index in [2.05, 4.69) is 10.6 Å². The average molecular weight is 453 g/mol. The number of carbonyl (C=O) groups excluding carboxylic acids is 1. The second-order valence-electron chi connectivity index (χ2n) is 7.37. The normalized spacial score (nSPS) is 13.9. The van der Waals surface area contributed by atoms with E-state index in [9.17, 15) is 22.4 Å². The number of anilines is 3. The molecule has 0 aromatic heterocycles. The summed E-state index contributed by atoms with van der Waals surface area (Å²) >= 11 is 0. The SMILES string of the molecule is CCCC(C)C(F)/C(N)=C/N(N)c1ccc(NC(=O)Nc2ccccc2C(F)(F)F)cc1. The third kappa shape index (κ3) is 6.88. The van der Waals surface area contributed by atoms with Crippen LogP contribution in [0.1, 0.15) is 32.3 Å². The number of carbonyl (C=O) groups is 1. The van der Waals surface area contributed by atoms with Crippen molar-refractivity contribution in [1.29, 1.82) is 0 Å². The number of hydrazine groups is 1. The summed E-state index contributed by atoms with van der Waals surface area (Å²) in [6, 6.07) is 9.92. The van der Waals surface area contributed by atoms with E-state index in [1.165, 1.54) is 30.5 Å². The maximum absolute atomic E-state index is 14.3. The molecular formula is C22H27F4N5O. The van der Waals surface area contributed by atoms with E-state index in [0.29, 0.717) is 17.8 Å². The minimum Gasteiger partial charge on any atom is -0.398 e. The number of alkyl halides is 4. The number of para-hydroxylation sites is 1. The van der Waals surface area contributed by atoms with Crippen molar-refractivity contribution in [3.8, 4) is 0 Å². The van der Waals surface area contributed by atoms with Crippen molar-refractivity contribution in [1.82, 2.24) is 0 Å². The van der Waals surface area contributed by atoms with Gasteiger partial charge < -0.3 is 16.4 Å². The molecule has 174 valence electrons. The predicted octanol–water partition coefficient (Wildman–Crippen LogP) is 5.60. The van der Waals surface area contributed by atoms with Gasteiger partial charge in [0.15, 0.2) is 0 Å². The third-order valence-corrected chi connectivity index (χ3v) is 4.75. The zero-order chi connectivity index (χ0) is 23.9. The predicted molar refractivity (Wildman–Crippen MR) is 118 cm³/mol. The highest BCUT2D eigenvalue weighted by Gasteiger charge is 2.33. The Morgan fingerprint density at radius 3 is 2.34 bits per heavy atom. The first-order valence-corrected chi connectivity index (χ1v) is 10.0. The largest absolute Gasteiger partial charge is 0.418 e. The molecule has 0 aliphatic heterocycles. The van der Waals surface area contributed by atoms with Crippen LogP contribution in [0, 0.1) is 5.92 Å². The van der Waals surface area contributed by atoms with Crippen LogP contribution in [0.25, 0.3) is 0 Å². The summed E-state index contributed by atoms with van der Waals surface area (Å²) in [4.78, 5) is 12.1. The molecule has 0 saturated carbocycles. The topological polar surface area (TPSA) is 96.4 Å². The highest BCUT2D eigenvalue weighted by atomic mass is 19.4. The van der Waals surface area contributed by atoms with Gasteiger partial charge in [-0.3, -0.25) is 5.01 Å². The number of nitrogens with two attached hydrogens (primary N) is 2. The number of hydrogen-bond acceptors (Lipinski definition) is 4. The summed E-state index contributed by atoms with van der Waals surface area (Å²) < 4.78 is 53.5. The zero-order valence-electron chi connectivity index (χ0n) is 17.8. The molecule has 10 heteroatoms. The molecule has 6 nitrogen and oxygen atoms in total. The third-order valence-electron chi connectivity index (χ3n) is 4.75. The van der Waals surface area contributed by atoms with Crippen molar-refractivity contribution in [3.05, 3.63) is 66.0 Å². The Morgan fingerprint density at radius 1 is 1.12 bits per heavy atom. The van der Waals surface area contributed by atoms with Crippen molar-refractivity contribution >= 4 is 23.1 Å². The number of benzene rings is 2. The zero-order valence-corrected chi connectivity index (χ0v) is 17.8. The lowest BCUT2D eigenvalue weighted by atomic mass is 9.99. The molecule has 2 atom stereocenters.